The van der Waals surface area contributed by atoms with Gasteiger partial charge >= 0.3 is 0 Å². The van der Waals surface area contributed by atoms with Crippen LogP contribution < -0.4 is 4.72 Å². The maximum Gasteiger partial charge on any atom is 0.280 e. The molecule has 2 atom stereocenters. The molecule has 2 unspecified atom stereocenters. The van der Waals surface area contributed by atoms with E-state index < -0.39 is 15.7 Å². The van der Waals surface area contributed by atoms with E-state index in [0.29, 0.717) is 13.1 Å². The Morgan fingerprint density at radius 3 is 2.23 bits per heavy atom. The first-order valence-electron chi connectivity index (χ1n) is 7.91. The van der Waals surface area contributed by atoms with E-state index in [-0.39, 0.29) is 12.2 Å². The minimum Gasteiger partial charge on any atom is -0.373 e. The number of hydrogen-bond donors (Lipinski definition) is 1. The number of morpholine rings is 1. The second-order valence-corrected chi connectivity index (χ2v) is 8.15. The predicted octanol–water partition coefficient (Wildman–Crippen LogP) is 2.01. The number of rotatable bonds is 4. The van der Waals surface area contributed by atoms with Crippen molar-refractivity contribution in [3.8, 4) is 0 Å². The van der Waals surface area contributed by atoms with Crippen molar-refractivity contribution in [1.29, 1.82) is 0 Å². The van der Waals surface area contributed by atoms with E-state index in [0.717, 1.165) is 24.8 Å². The molecule has 5 nitrogen and oxygen atoms in total. The first-order valence-corrected chi connectivity index (χ1v) is 9.35. The van der Waals surface area contributed by atoms with Crippen molar-refractivity contribution in [2.45, 2.75) is 50.9 Å². The van der Waals surface area contributed by atoms with Crippen LogP contribution in [0.5, 0.6) is 0 Å². The highest BCUT2D eigenvalue weighted by molar-refractivity contribution is 7.87. The van der Waals surface area contributed by atoms with Crippen LogP contribution in [0.15, 0.2) is 30.3 Å². The standard InChI is InChI=1S/C16H24N2O3S/c1-13-11-18(12-14(2)21-13)22(19,20)17-16(9-6-10-16)15-7-4-3-5-8-15/h3-5,7-8,13-14,17H,6,9-12H2,1-2H3. The summed E-state index contributed by atoms with van der Waals surface area (Å²) in [6.07, 6.45) is 2.61. The van der Waals surface area contributed by atoms with Crippen LogP contribution in [0.25, 0.3) is 0 Å². The summed E-state index contributed by atoms with van der Waals surface area (Å²) in [6, 6.07) is 9.89. The molecule has 0 radical (unpaired) electrons. The van der Waals surface area contributed by atoms with E-state index in [1.54, 1.807) is 0 Å². The minimum atomic E-state index is -3.51. The molecular formula is C16H24N2O3S. The molecule has 2 fully saturated rings. The fourth-order valence-corrected chi connectivity index (χ4v) is 5.13. The van der Waals surface area contributed by atoms with Gasteiger partial charge in [-0.15, -0.1) is 0 Å². The van der Waals surface area contributed by atoms with Crippen LogP contribution in [0.1, 0.15) is 38.7 Å². The van der Waals surface area contributed by atoms with Crippen LogP contribution in [0.3, 0.4) is 0 Å². The molecule has 0 spiro atoms. The molecule has 0 amide bonds. The Bertz CT molecular complexity index is 604. The Kier molecular flexibility index (Phi) is 4.29. The summed E-state index contributed by atoms with van der Waals surface area (Å²) in [4.78, 5) is 0. The largest absolute Gasteiger partial charge is 0.373 e. The lowest BCUT2D eigenvalue weighted by Gasteiger charge is -2.44. The van der Waals surface area contributed by atoms with E-state index in [1.807, 2.05) is 44.2 Å². The predicted molar refractivity (Wildman–Crippen MR) is 85.6 cm³/mol. The zero-order valence-corrected chi connectivity index (χ0v) is 14.0. The second kappa shape index (κ2) is 5.92. The molecule has 2 aliphatic rings. The molecule has 6 heteroatoms. The smallest absolute Gasteiger partial charge is 0.280 e. The average molecular weight is 324 g/mol. The normalized spacial score (nSPS) is 29.0. The van der Waals surface area contributed by atoms with Gasteiger partial charge in [-0.1, -0.05) is 30.3 Å². The van der Waals surface area contributed by atoms with Crippen molar-refractivity contribution in [1.82, 2.24) is 9.03 Å². The highest BCUT2D eigenvalue weighted by Gasteiger charge is 2.44. The van der Waals surface area contributed by atoms with Gasteiger partial charge in [0.2, 0.25) is 0 Å². The van der Waals surface area contributed by atoms with E-state index >= 15 is 0 Å². The van der Waals surface area contributed by atoms with Crippen molar-refractivity contribution in [2.24, 2.45) is 0 Å². The average Bonchev–Trinajstić information content (AvgIpc) is 2.43. The van der Waals surface area contributed by atoms with Gasteiger partial charge in [-0.25, -0.2) is 0 Å². The lowest BCUT2D eigenvalue weighted by atomic mass is 9.73. The quantitative estimate of drug-likeness (QED) is 0.922. The van der Waals surface area contributed by atoms with Gasteiger partial charge in [0.05, 0.1) is 17.7 Å². The fourth-order valence-electron chi connectivity index (χ4n) is 3.38. The second-order valence-electron chi connectivity index (χ2n) is 6.48. The third-order valence-corrected chi connectivity index (χ3v) is 6.21. The van der Waals surface area contributed by atoms with E-state index in [4.69, 9.17) is 4.74 Å². The molecule has 1 aliphatic heterocycles. The molecule has 0 bridgehead atoms. The number of hydrogen-bond acceptors (Lipinski definition) is 3. The van der Waals surface area contributed by atoms with Gasteiger partial charge in [0.1, 0.15) is 0 Å². The molecule has 1 aromatic carbocycles. The van der Waals surface area contributed by atoms with Gasteiger partial charge in [0.25, 0.3) is 10.2 Å². The first-order chi connectivity index (χ1) is 10.4. The molecule has 3 rings (SSSR count). The first kappa shape index (κ1) is 15.9. The molecule has 22 heavy (non-hydrogen) atoms. The van der Waals surface area contributed by atoms with Gasteiger partial charge in [-0.3, -0.25) is 0 Å². The monoisotopic (exact) mass is 324 g/mol. The summed E-state index contributed by atoms with van der Waals surface area (Å²) in [5, 5.41) is 0. The highest BCUT2D eigenvalue weighted by Crippen LogP contribution is 2.42. The van der Waals surface area contributed by atoms with E-state index in [9.17, 15) is 8.42 Å². The lowest BCUT2D eigenvalue weighted by Crippen LogP contribution is -2.58. The van der Waals surface area contributed by atoms with Gasteiger partial charge in [-0.05, 0) is 38.7 Å². The Morgan fingerprint density at radius 1 is 1.14 bits per heavy atom. The van der Waals surface area contributed by atoms with E-state index in [2.05, 4.69) is 4.72 Å². The van der Waals surface area contributed by atoms with Crippen molar-refractivity contribution in [3.63, 3.8) is 0 Å². The summed E-state index contributed by atoms with van der Waals surface area (Å²) in [5.41, 5.74) is 0.615. The number of nitrogens with zero attached hydrogens (tertiary/aromatic N) is 1. The Morgan fingerprint density at radius 2 is 1.73 bits per heavy atom. The zero-order valence-electron chi connectivity index (χ0n) is 13.2. The molecule has 1 saturated heterocycles. The summed E-state index contributed by atoms with van der Waals surface area (Å²) in [5.74, 6) is 0. The van der Waals surface area contributed by atoms with Gasteiger partial charge < -0.3 is 4.74 Å². The van der Waals surface area contributed by atoms with Gasteiger partial charge in [-0.2, -0.15) is 17.4 Å². The molecule has 0 aromatic heterocycles. The summed E-state index contributed by atoms with van der Waals surface area (Å²) >= 11 is 0. The maximum atomic E-state index is 12.8. The molecule has 1 aromatic rings. The molecule has 1 heterocycles. The molecule has 122 valence electrons. The Hall–Kier alpha value is -0.950. The van der Waals surface area contributed by atoms with Crippen molar-refractivity contribution in [3.05, 3.63) is 35.9 Å². The van der Waals surface area contributed by atoms with Crippen molar-refractivity contribution >= 4 is 10.2 Å². The molecular weight excluding hydrogens is 300 g/mol. The lowest BCUT2D eigenvalue weighted by molar-refractivity contribution is -0.0448. The van der Waals surface area contributed by atoms with Crippen molar-refractivity contribution < 1.29 is 13.2 Å². The topological polar surface area (TPSA) is 58.6 Å². The maximum absolute atomic E-state index is 12.8. The summed E-state index contributed by atoms with van der Waals surface area (Å²) in [6.45, 7) is 4.64. The highest BCUT2D eigenvalue weighted by atomic mass is 32.2. The van der Waals surface area contributed by atoms with Crippen LogP contribution >= 0.6 is 0 Å². The number of nitrogens with one attached hydrogen (secondary N) is 1. The Balaban J connectivity index is 1.81. The molecule has 1 saturated carbocycles. The van der Waals surface area contributed by atoms with Gasteiger partial charge in [0, 0.05) is 13.1 Å². The fraction of sp³-hybridized carbons (Fsp3) is 0.625. The van der Waals surface area contributed by atoms with Crippen LogP contribution in [0.4, 0.5) is 0 Å². The number of benzene rings is 1. The third-order valence-electron chi connectivity index (χ3n) is 4.58. The number of ether oxygens (including phenoxy) is 1. The van der Waals surface area contributed by atoms with Gasteiger partial charge in [0.15, 0.2) is 0 Å². The minimum absolute atomic E-state index is 0.0746. The SMILES string of the molecule is CC1CN(S(=O)(=O)NC2(c3ccccc3)CCC2)CC(C)O1. The summed E-state index contributed by atoms with van der Waals surface area (Å²) < 4.78 is 35.8. The summed E-state index contributed by atoms with van der Waals surface area (Å²) in [7, 11) is -3.51. The third kappa shape index (κ3) is 3.06. The van der Waals surface area contributed by atoms with Crippen LogP contribution in [-0.4, -0.2) is 38.0 Å². The molecule has 1 aliphatic carbocycles. The Labute approximate surface area is 132 Å². The molecule has 1 N–H and O–H groups in total. The van der Waals surface area contributed by atoms with Crippen LogP contribution in [0, 0.1) is 0 Å². The van der Waals surface area contributed by atoms with E-state index in [1.165, 1.54) is 4.31 Å². The van der Waals surface area contributed by atoms with Crippen molar-refractivity contribution in [2.75, 3.05) is 13.1 Å². The van der Waals surface area contributed by atoms with Crippen LogP contribution in [0.2, 0.25) is 0 Å². The zero-order chi connectivity index (χ0) is 15.8. The van der Waals surface area contributed by atoms with Crippen LogP contribution in [-0.2, 0) is 20.5 Å².